The summed E-state index contributed by atoms with van der Waals surface area (Å²) in [5.74, 6) is 6.00. The zero-order valence-electron chi connectivity index (χ0n) is 32.1. The third-order valence-electron chi connectivity index (χ3n) is 8.15. The average Bonchev–Trinajstić information content (AvgIpc) is 3.09. The molecular weight excluding hydrogens is 667 g/mol. The Balaban J connectivity index is 0. The number of rotatable bonds is 11. The molecule has 2 aliphatic heterocycles. The van der Waals surface area contributed by atoms with Crippen LogP contribution in [0.3, 0.4) is 0 Å². The van der Waals surface area contributed by atoms with Crippen LogP contribution in [0.15, 0.2) is 48.5 Å². The Morgan fingerprint density at radius 1 is 0.729 bits per heavy atom. The molecule has 2 aromatic rings. The maximum Gasteiger partial charge on any atom is 1.00 e. The Kier molecular flexibility index (Phi) is 28.6. The molecule has 0 atom stereocenters. The van der Waals surface area contributed by atoms with Gasteiger partial charge in [-0.3, -0.25) is 14.6 Å². The van der Waals surface area contributed by atoms with Gasteiger partial charge in [-0.05, 0) is 74.5 Å². The number of hydrogen-bond donors (Lipinski definition) is 0. The fourth-order valence-corrected chi connectivity index (χ4v) is 5.93. The van der Waals surface area contributed by atoms with Gasteiger partial charge in [-0.25, -0.2) is 0 Å². The number of carbonyl (C=O) groups is 1. The summed E-state index contributed by atoms with van der Waals surface area (Å²) in [6, 6.07) is 17.2. The molecule has 48 heavy (non-hydrogen) atoms. The summed E-state index contributed by atoms with van der Waals surface area (Å²) >= 11 is 0. The van der Waals surface area contributed by atoms with Crippen LogP contribution in [0.1, 0.15) is 64.9 Å². The van der Waals surface area contributed by atoms with E-state index in [-0.39, 0.29) is 111 Å². The van der Waals surface area contributed by atoms with E-state index in [4.69, 9.17) is 16.5 Å². The molecule has 0 radical (unpaired) electrons. The second-order valence-electron chi connectivity index (χ2n) is 13.0. The fraction of sp³-hybridized carbons (Fsp3) is 0.553. The molecule has 2 aromatic carbocycles. The molecule has 0 saturated carbocycles. The van der Waals surface area contributed by atoms with E-state index >= 15 is 0 Å². The van der Waals surface area contributed by atoms with Crippen LogP contribution < -0.4 is 118 Å². The molecule has 2 fully saturated rings. The van der Waals surface area contributed by atoms with Gasteiger partial charge in [-0.15, -0.1) is 12.0 Å². The third-order valence-corrected chi connectivity index (χ3v) is 9.03. The summed E-state index contributed by atoms with van der Waals surface area (Å²) in [5, 5.41) is 8.43. The Labute approximate surface area is 380 Å². The molecule has 254 valence electrons. The largest absolute Gasteiger partial charge is 1.00 e. The second kappa shape index (κ2) is 28.6. The molecule has 2 saturated heterocycles. The molecule has 2 aliphatic rings. The van der Waals surface area contributed by atoms with Crippen LogP contribution in [-0.4, -0.2) is 89.8 Å². The van der Waals surface area contributed by atoms with Crippen molar-refractivity contribution >= 4 is 25.9 Å². The molecule has 0 unspecified atom stereocenters. The summed E-state index contributed by atoms with van der Waals surface area (Å²) in [6.07, 6.45) is 13.4. The predicted molar refractivity (Wildman–Crippen MR) is 196 cm³/mol. The van der Waals surface area contributed by atoms with Gasteiger partial charge in [0.05, 0.1) is 0 Å². The van der Waals surface area contributed by atoms with Gasteiger partial charge in [0.25, 0.3) is 6.47 Å². The van der Waals surface area contributed by atoms with Crippen molar-refractivity contribution < 1.29 is 119 Å². The van der Waals surface area contributed by atoms with Crippen LogP contribution in [0.2, 0.25) is 19.6 Å². The van der Waals surface area contributed by atoms with Crippen molar-refractivity contribution in [1.82, 2.24) is 9.80 Å². The van der Waals surface area contributed by atoms with E-state index < -0.39 is 8.07 Å². The summed E-state index contributed by atoms with van der Waals surface area (Å²) in [5.41, 5.74) is 8.19. The maximum absolute atomic E-state index is 8.64. The summed E-state index contributed by atoms with van der Waals surface area (Å²) in [6.45, 7) is 23.0. The molecule has 0 bridgehead atoms. The first-order chi connectivity index (χ1) is 22.2. The van der Waals surface area contributed by atoms with E-state index in [9.17, 15) is 0 Å². The molecule has 7 nitrogen and oxygen atoms in total. The van der Waals surface area contributed by atoms with Crippen molar-refractivity contribution in [2.75, 3.05) is 75.2 Å². The zero-order chi connectivity index (χ0) is 33.6. The van der Waals surface area contributed by atoms with E-state index in [1.807, 2.05) is 12.1 Å². The first-order valence-electron chi connectivity index (χ1n) is 17.1. The van der Waals surface area contributed by atoms with Gasteiger partial charge in [0.2, 0.25) is 0 Å². The Morgan fingerprint density at radius 3 is 1.42 bits per heavy atom. The fourth-order valence-electron chi connectivity index (χ4n) is 5.41. The van der Waals surface area contributed by atoms with Crippen LogP contribution in [0.4, 0.5) is 11.4 Å². The van der Waals surface area contributed by atoms with Crippen LogP contribution in [0, 0.1) is 23.8 Å². The van der Waals surface area contributed by atoms with Crippen molar-refractivity contribution in [3.05, 3.63) is 59.7 Å². The van der Waals surface area contributed by atoms with Crippen LogP contribution in [0.5, 0.6) is 0 Å². The second-order valence-corrected chi connectivity index (χ2v) is 17.8. The smallest absolute Gasteiger partial charge is 1.00 e. The quantitative estimate of drug-likeness (QED) is 0.0793. The standard InChI is InChI=1S/C20H32N2Si.C17H24N2.CH2O3.2K.H/c1-5-6-7-13-21-14-16-22(17-15-21)20-10-8-19(9-11-20)12-18-23(2,3)4;1-3-5-6-11-18-12-14-19(15-13-18)17-9-7-16(4-2)8-10-17;2-1-4-3;;;/h8-11H,5-7,13-17H2,1-4H3;2,7-10H,3,5-6,11-15H2,1H3;1,3H;;;/q;;;2*+1;-1/p-1. The molecule has 4 rings (SSSR count). The first kappa shape index (κ1) is 48.0. The number of carbonyl (C=O) groups excluding carboxylic acids is 1. The SMILES string of the molecule is C#Cc1ccc(N2CCN(CCCCC)CC2)cc1.CCCCCN1CCN(c2ccc(C#C[Si](C)(C)C)cc2)CC1.O=CO[O-].[H-].[K+].[K+]. The van der Waals surface area contributed by atoms with Crippen LogP contribution in [0.25, 0.3) is 0 Å². The monoisotopic (exact) mass is 724 g/mol. The molecular formula is C38H58K2N4O3Si. The Morgan fingerprint density at radius 2 is 1.10 bits per heavy atom. The maximum atomic E-state index is 8.64. The number of benzene rings is 2. The molecule has 0 aliphatic carbocycles. The molecule has 0 aromatic heterocycles. The summed E-state index contributed by atoms with van der Waals surface area (Å²) < 4.78 is 0. The van der Waals surface area contributed by atoms with Gasteiger partial charge in [0.1, 0.15) is 8.07 Å². The Hall–Kier alpha value is -0.000390. The summed E-state index contributed by atoms with van der Waals surface area (Å²) in [7, 11) is -1.28. The number of anilines is 2. The minimum Gasteiger partial charge on any atom is -1.00 e. The van der Waals surface area contributed by atoms with Crippen molar-refractivity contribution in [3.63, 3.8) is 0 Å². The van der Waals surface area contributed by atoms with E-state index in [0.29, 0.717) is 0 Å². The average molecular weight is 725 g/mol. The normalized spacial score (nSPS) is 14.6. The summed E-state index contributed by atoms with van der Waals surface area (Å²) in [4.78, 5) is 21.4. The third kappa shape index (κ3) is 20.8. The van der Waals surface area contributed by atoms with Gasteiger partial charge >= 0.3 is 103 Å². The zero-order valence-corrected chi connectivity index (χ0v) is 38.3. The van der Waals surface area contributed by atoms with E-state index in [2.05, 4.69) is 112 Å². The van der Waals surface area contributed by atoms with E-state index in [1.165, 1.54) is 89.2 Å². The van der Waals surface area contributed by atoms with E-state index in [1.54, 1.807) is 0 Å². The molecule has 0 spiro atoms. The van der Waals surface area contributed by atoms with Crippen molar-refractivity contribution in [2.24, 2.45) is 0 Å². The first-order valence-corrected chi connectivity index (χ1v) is 20.6. The van der Waals surface area contributed by atoms with Gasteiger partial charge in [0, 0.05) is 74.9 Å². The Bertz CT molecular complexity index is 1220. The number of terminal acetylenes is 1. The predicted octanol–water partition coefficient (Wildman–Crippen LogP) is -0.237. The topological polar surface area (TPSA) is 62.3 Å². The number of piperazine rings is 2. The van der Waals surface area contributed by atoms with Gasteiger partial charge < -0.3 is 21.4 Å². The van der Waals surface area contributed by atoms with Crippen molar-refractivity contribution in [3.8, 4) is 23.8 Å². The van der Waals surface area contributed by atoms with Gasteiger partial charge in [-0.2, -0.15) is 0 Å². The van der Waals surface area contributed by atoms with Crippen molar-refractivity contribution in [1.29, 1.82) is 0 Å². The molecule has 10 heteroatoms. The van der Waals surface area contributed by atoms with Crippen molar-refractivity contribution in [2.45, 2.75) is 72.0 Å². The van der Waals surface area contributed by atoms with Crippen LogP contribution in [-0.2, 0) is 9.68 Å². The van der Waals surface area contributed by atoms with Crippen LogP contribution >= 0.6 is 0 Å². The minimum atomic E-state index is -1.28. The van der Waals surface area contributed by atoms with E-state index in [0.717, 1.165) is 37.3 Å². The molecule has 0 amide bonds. The molecule has 2 heterocycles. The number of nitrogens with zero attached hydrogens (tertiary/aromatic N) is 4. The molecule has 0 N–H and O–H groups in total. The number of hydrogen-bond acceptors (Lipinski definition) is 7. The van der Waals surface area contributed by atoms with Gasteiger partial charge in [0.15, 0.2) is 0 Å². The number of unbranched alkanes of at least 4 members (excludes halogenated alkanes) is 4. The minimum absolute atomic E-state index is 0. The van der Waals surface area contributed by atoms with Gasteiger partial charge in [-0.1, -0.05) is 71.0 Å².